The molecule has 0 saturated carbocycles. The quantitative estimate of drug-likeness (QED) is 0.641. The first-order valence-electron chi connectivity index (χ1n) is 4.52. The van der Waals surface area contributed by atoms with Gasteiger partial charge >= 0.3 is 0 Å². The minimum Gasteiger partial charge on any atom is -0.389 e. The summed E-state index contributed by atoms with van der Waals surface area (Å²) in [5.41, 5.74) is -1.12. The first-order valence-corrected chi connectivity index (χ1v) is 4.52. The molecule has 1 aliphatic rings. The van der Waals surface area contributed by atoms with E-state index in [1.807, 2.05) is 20.8 Å². The van der Waals surface area contributed by atoms with Gasteiger partial charge in [0.15, 0.2) is 0 Å². The number of aliphatic hydroxyl groups is 2. The Hall–Kier alpha value is -0.120. The van der Waals surface area contributed by atoms with Crippen LogP contribution in [0.3, 0.4) is 0 Å². The summed E-state index contributed by atoms with van der Waals surface area (Å²) in [6.07, 6.45) is 0.756. The van der Waals surface area contributed by atoms with Gasteiger partial charge in [-0.3, -0.25) is 4.90 Å². The Morgan fingerprint density at radius 2 is 2.00 bits per heavy atom. The van der Waals surface area contributed by atoms with Crippen molar-refractivity contribution in [2.24, 2.45) is 0 Å². The third-order valence-corrected chi connectivity index (χ3v) is 2.45. The summed E-state index contributed by atoms with van der Waals surface area (Å²) in [7, 11) is 0. The van der Waals surface area contributed by atoms with Crippen LogP contribution in [0.15, 0.2) is 0 Å². The molecular formula is C9H19NO2. The highest BCUT2D eigenvalue weighted by molar-refractivity contribution is 4.94. The summed E-state index contributed by atoms with van der Waals surface area (Å²) >= 11 is 0. The summed E-state index contributed by atoms with van der Waals surface area (Å²) in [6.45, 7) is 7.66. The zero-order valence-corrected chi connectivity index (χ0v) is 8.17. The molecule has 1 aliphatic heterocycles. The molecule has 3 nitrogen and oxygen atoms in total. The molecule has 1 atom stereocenters. The molecule has 0 aromatic heterocycles. The van der Waals surface area contributed by atoms with E-state index in [9.17, 15) is 10.2 Å². The molecule has 1 fully saturated rings. The van der Waals surface area contributed by atoms with Gasteiger partial charge in [-0.15, -0.1) is 0 Å². The van der Waals surface area contributed by atoms with Crippen LogP contribution in [0.5, 0.6) is 0 Å². The Morgan fingerprint density at radius 1 is 1.50 bits per heavy atom. The molecule has 0 aromatic rings. The van der Waals surface area contributed by atoms with Gasteiger partial charge in [-0.05, 0) is 20.3 Å². The van der Waals surface area contributed by atoms with Gasteiger partial charge in [-0.2, -0.15) is 0 Å². The first-order chi connectivity index (χ1) is 5.35. The van der Waals surface area contributed by atoms with Crippen LogP contribution < -0.4 is 0 Å². The van der Waals surface area contributed by atoms with Crippen molar-refractivity contribution in [1.82, 2.24) is 4.90 Å². The normalized spacial score (nSPS) is 27.8. The fourth-order valence-electron chi connectivity index (χ4n) is 1.62. The highest BCUT2D eigenvalue weighted by Gasteiger charge is 2.38. The second kappa shape index (κ2) is 2.98. The third kappa shape index (κ3) is 2.44. The topological polar surface area (TPSA) is 43.7 Å². The standard InChI is InChI=1S/C9H19NO2/c1-4-8(2,11)5-10-6-9(3,12)7-10/h11-12H,4-7H2,1-3H3. The van der Waals surface area contributed by atoms with E-state index in [1.54, 1.807) is 0 Å². The molecular weight excluding hydrogens is 154 g/mol. The highest BCUT2D eigenvalue weighted by atomic mass is 16.3. The molecule has 12 heavy (non-hydrogen) atoms. The van der Waals surface area contributed by atoms with Crippen LogP contribution in [0.25, 0.3) is 0 Å². The second-order valence-electron chi connectivity index (χ2n) is 4.49. The van der Waals surface area contributed by atoms with Gasteiger partial charge in [0.25, 0.3) is 0 Å². The number of likely N-dealkylation sites (tertiary alicyclic amines) is 1. The summed E-state index contributed by atoms with van der Waals surface area (Å²) in [5.74, 6) is 0. The summed E-state index contributed by atoms with van der Waals surface area (Å²) < 4.78 is 0. The largest absolute Gasteiger partial charge is 0.389 e. The number of rotatable bonds is 3. The molecule has 2 N–H and O–H groups in total. The van der Waals surface area contributed by atoms with Crippen LogP contribution in [0.2, 0.25) is 0 Å². The van der Waals surface area contributed by atoms with Gasteiger partial charge in [0.05, 0.1) is 11.2 Å². The lowest BCUT2D eigenvalue weighted by Gasteiger charge is -2.46. The number of β-amino-alcohol motifs (C(OH)–C–C–N with tert-alkyl or cyclic N) is 2. The lowest BCUT2D eigenvalue weighted by Crippen LogP contribution is -2.62. The van der Waals surface area contributed by atoms with E-state index in [2.05, 4.69) is 4.90 Å². The monoisotopic (exact) mass is 173 g/mol. The molecule has 1 heterocycles. The second-order valence-corrected chi connectivity index (χ2v) is 4.49. The maximum absolute atomic E-state index is 9.71. The Bertz CT molecular complexity index is 158. The lowest BCUT2D eigenvalue weighted by molar-refractivity contribution is -0.111. The van der Waals surface area contributed by atoms with Crippen molar-refractivity contribution >= 4 is 0 Å². The molecule has 3 heteroatoms. The third-order valence-electron chi connectivity index (χ3n) is 2.45. The van der Waals surface area contributed by atoms with Gasteiger partial charge in [0, 0.05) is 19.6 Å². The van der Waals surface area contributed by atoms with Crippen molar-refractivity contribution in [2.45, 2.75) is 38.4 Å². The summed E-state index contributed by atoms with van der Waals surface area (Å²) in [6, 6.07) is 0. The van der Waals surface area contributed by atoms with Crippen molar-refractivity contribution in [1.29, 1.82) is 0 Å². The van der Waals surface area contributed by atoms with E-state index in [-0.39, 0.29) is 0 Å². The van der Waals surface area contributed by atoms with Crippen LogP contribution >= 0.6 is 0 Å². The van der Waals surface area contributed by atoms with Gasteiger partial charge in [-0.1, -0.05) is 6.92 Å². The van der Waals surface area contributed by atoms with E-state index in [0.29, 0.717) is 19.6 Å². The fourth-order valence-corrected chi connectivity index (χ4v) is 1.62. The minimum absolute atomic E-state index is 0.524. The molecule has 0 amide bonds. The van der Waals surface area contributed by atoms with Crippen LogP contribution in [0.4, 0.5) is 0 Å². The maximum atomic E-state index is 9.71. The molecule has 72 valence electrons. The van der Waals surface area contributed by atoms with Gasteiger partial charge < -0.3 is 10.2 Å². The predicted octanol–water partition coefficient (Wildman–Crippen LogP) is 0.214. The molecule has 1 unspecified atom stereocenters. The Balaban J connectivity index is 2.27. The molecule has 0 bridgehead atoms. The summed E-state index contributed by atoms with van der Waals surface area (Å²) in [4.78, 5) is 2.07. The van der Waals surface area contributed by atoms with Crippen molar-refractivity contribution in [3.05, 3.63) is 0 Å². The molecule has 1 saturated heterocycles. The van der Waals surface area contributed by atoms with E-state index in [4.69, 9.17) is 0 Å². The smallest absolute Gasteiger partial charge is 0.0872 e. The Morgan fingerprint density at radius 3 is 2.33 bits per heavy atom. The lowest BCUT2D eigenvalue weighted by atomic mass is 9.93. The molecule has 0 aliphatic carbocycles. The van der Waals surface area contributed by atoms with Crippen LogP contribution in [0.1, 0.15) is 27.2 Å². The van der Waals surface area contributed by atoms with E-state index in [1.165, 1.54) is 0 Å². The average Bonchev–Trinajstić information content (AvgIpc) is 1.83. The van der Waals surface area contributed by atoms with E-state index in [0.717, 1.165) is 6.42 Å². The Kier molecular flexibility index (Phi) is 2.47. The molecule has 0 spiro atoms. The van der Waals surface area contributed by atoms with Gasteiger partial charge in [-0.25, -0.2) is 0 Å². The number of hydrogen-bond acceptors (Lipinski definition) is 3. The molecule has 0 aromatic carbocycles. The fraction of sp³-hybridized carbons (Fsp3) is 1.00. The first kappa shape index (κ1) is 9.96. The highest BCUT2D eigenvalue weighted by Crippen LogP contribution is 2.22. The number of hydrogen-bond donors (Lipinski definition) is 2. The van der Waals surface area contributed by atoms with Gasteiger partial charge in [0.1, 0.15) is 0 Å². The van der Waals surface area contributed by atoms with E-state index >= 15 is 0 Å². The minimum atomic E-state index is -0.601. The van der Waals surface area contributed by atoms with Crippen molar-refractivity contribution in [3.8, 4) is 0 Å². The maximum Gasteiger partial charge on any atom is 0.0872 e. The molecule has 0 radical (unpaired) electrons. The van der Waals surface area contributed by atoms with Crippen LogP contribution in [-0.2, 0) is 0 Å². The SMILES string of the molecule is CCC(C)(O)CN1CC(C)(O)C1. The zero-order chi connectivity index (χ0) is 9.41. The van der Waals surface area contributed by atoms with E-state index < -0.39 is 11.2 Å². The predicted molar refractivity (Wildman–Crippen MR) is 48.0 cm³/mol. The summed E-state index contributed by atoms with van der Waals surface area (Å²) in [5, 5.41) is 19.1. The van der Waals surface area contributed by atoms with Crippen LogP contribution in [-0.4, -0.2) is 45.9 Å². The van der Waals surface area contributed by atoms with Crippen molar-refractivity contribution < 1.29 is 10.2 Å². The Labute approximate surface area is 74.0 Å². The number of nitrogens with zero attached hydrogens (tertiary/aromatic N) is 1. The zero-order valence-electron chi connectivity index (χ0n) is 8.17. The van der Waals surface area contributed by atoms with Crippen molar-refractivity contribution in [2.75, 3.05) is 19.6 Å². The van der Waals surface area contributed by atoms with Gasteiger partial charge in [0.2, 0.25) is 0 Å². The van der Waals surface area contributed by atoms with Crippen molar-refractivity contribution in [3.63, 3.8) is 0 Å². The average molecular weight is 173 g/mol. The van der Waals surface area contributed by atoms with Crippen LogP contribution in [0, 0.1) is 0 Å². The molecule has 1 rings (SSSR count).